The van der Waals surface area contributed by atoms with Crippen LogP contribution < -0.4 is 16.0 Å². The van der Waals surface area contributed by atoms with E-state index in [2.05, 4.69) is 16.0 Å². The van der Waals surface area contributed by atoms with Gasteiger partial charge in [0.05, 0.1) is 6.54 Å². The van der Waals surface area contributed by atoms with Crippen LogP contribution in [0.1, 0.15) is 20.8 Å². The van der Waals surface area contributed by atoms with Crippen molar-refractivity contribution in [3.63, 3.8) is 0 Å². The number of carbonyl (C=O) groups is 2. The lowest BCUT2D eigenvalue weighted by molar-refractivity contribution is -0.120. The first-order valence-corrected chi connectivity index (χ1v) is 5.24. The second kappa shape index (κ2) is 8.23. The van der Waals surface area contributed by atoms with Gasteiger partial charge >= 0.3 is 0 Å². The Bertz CT molecular complexity index is 205. The van der Waals surface area contributed by atoms with Gasteiger partial charge in [0.15, 0.2) is 0 Å². The Morgan fingerprint density at radius 2 is 1.80 bits per heavy atom. The first kappa shape index (κ1) is 13.9. The molecular weight excluding hydrogens is 194 g/mol. The van der Waals surface area contributed by atoms with Crippen LogP contribution in [0, 0.1) is 5.92 Å². The third-order valence-electron chi connectivity index (χ3n) is 1.67. The van der Waals surface area contributed by atoms with Gasteiger partial charge in [-0.15, -0.1) is 0 Å². The van der Waals surface area contributed by atoms with Gasteiger partial charge in [0, 0.05) is 26.6 Å². The molecule has 5 heteroatoms. The third-order valence-corrected chi connectivity index (χ3v) is 1.67. The lowest BCUT2D eigenvalue weighted by Crippen LogP contribution is -2.38. The van der Waals surface area contributed by atoms with Crippen LogP contribution in [0.5, 0.6) is 0 Å². The molecule has 0 aromatic rings. The molecule has 0 saturated heterocycles. The zero-order chi connectivity index (χ0) is 11.7. The largest absolute Gasteiger partial charge is 0.355 e. The normalized spacial score (nSPS) is 10.1. The summed E-state index contributed by atoms with van der Waals surface area (Å²) in [6.45, 7) is 7.71. The SMILES string of the molecule is CC(=O)NCCNCC(=O)NCC(C)C. The van der Waals surface area contributed by atoms with Crippen molar-refractivity contribution >= 4 is 11.8 Å². The maximum Gasteiger partial charge on any atom is 0.233 e. The first-order valence-electron chi connectivity index (χ1n) is 5.24. The molecule has 0 bridgehead atoms. The van der Waals surface area contributed by atoms with Crippen LogP contribution in [0.4, 0.5) is 0 Å². The Morgan fingerprint density at radius 3 is 2.33 bits per heavy atom. The van der Waals surface area contributed by atoms with Crippen LogP contribution in [0.15, 0.2) is 0 Å². The highest BCUT2D eigenvalue weighted by Gasteiger charge is 2.00. The van der Waals surface area contributed by atoms with Crippen LogP contribution in [-0.2, 0) is 9.59 Å². The van der Waals surface area contributed by atoms with Gasteiger partial charge in [-0.25, -0.2) is 0 Å². The molecule has 0 saturated carbocycles. The minimum Gasteiger partial charge on any atom is -0.355 e. The van der Waals surface area contributed by atoms with E-state index in [1.165, 1.54) is 6.92 Å². The van der Waals surface area contributed by atoms with E-state index < -0.39 is 0 Å². The zero-order valence-corrected chi connectivity index (χ0v) is 9.72. The minimum atomic E-state index is -0.0546. The fourth-order valence-electron chi connectivity index (χ4n) is 0.909. The Hall–Kier alpha value is -1.10. The maximum absolute atomic E-state index is 11.2. The molecule has 0 radical (unpaired) electrons. The van der Waals surface area contributed by atoms with Crippen molar-refractivity contribution in [1.82, 2.24) is 16.0 Å². The summed E-state index contributed by atoms with van der Waals surface area (Å²) in [6, 6.07) is 0. The summed E-state index contributed by atoms with van der Waals surface area (Å²) in [5.41, 5.74) is 0. The van der Waals surface area contributed by atoms with Crippen molar-refractivity contribution in [2.24, 2.45) is 5.92 Å². The molecule has 0 aromatic heterocycles. The van der Waals surface area contributed by atoms with Crippen LogP contribution in [-0.4, -0.2) is 38.0 Å². The van der Waals surface area contributed by atoms with Crippen molar-refractivity contribution in [3.05, 3.63) is 0 Å². The predicted octanol–water partition coefficient (Wildman–Crippen LogP) is -0.516. The Kier molecular flexibility index (Phi) is 7.62. The van der Waals surface area contributed by atoms with Crippen molar-refractivity contribution in [2.75, 3.05) is 26.2 Å². The molecule has 0 atom stereocenters. The van der Waals surface area contributed by atoms with Crippen LogP contribution in [0.3, 0.4) is 0 Å². The second-order valence-electron chi connectivity index (χ2n) is 3.86. The second-order valence-corrected chi connectivity index (χ2v) is 3.86. The standard InChI is InChI=1S/C10H21N3O2/c1-8(2)6-13-10(15)7-11-4-5-12-9(3)14/h8,11H,4-7H2,1-3H3,(H,12,14)(H,13,15). The molecule has 0 rings (SSSR count). The summed E-state index contributed by atoms with van der Waals surface area (Å²) in [5.74, 6) is 0.404. The molecular formula is C10H21N3O2. The van der Waals surface area contributed by atoms with E-state index in [0.29, 0.717) is 32.1 Å². The smallest absolute Gasteiger partial charge is 0.233 e. The minimum absolute atomic E-state index is 0.00785. The molecule has 0 aliphatic heterocycles. The van der Waals surface area contributed by atoms with Crippen molar-refractivity contribution in [3.8, 4) is 0 Å². The lowest BCUT2D eigenvalue weighted by Gasteiger charge is -2.08. The van der Waals surface area contributed by atoms with E-state index in [-0.39, 0.29) is 11.8 Å². The fraction of sp³-hybridized carbons (Fsp3) is 0.800. The highest BCUT2D eigenvalue weighted by molar-refractivity contribution is 5.78. The number of carbonyl (C=O) groups excluding carboxylic acids is 2. The van der Waals surface area contributed by atoms with Crippen LogP contribution in [0.2, 0.25) is 0 Å². The molecule has 3 N–H and O–H groups in total. The number of hydrogen-bond donors (Lipinski definition) is 3. The lowest BCUT2D eigenvalue weighted by atomic mass is 10.2. The molecule has 0 spiro atoms. The Labute approximate surface area is 91.0 Å². The van der Waals surface area contributed by atoms with Crippen LogP contribution >= 0.6 is 0 Å². The molecule has 0 aliphatic carbocycles. The van der Waals surface area contributed by atoms with Crippen molar-refractivity contribution in [1.29, 1.82) is 0 Å². The molecule has 15 heavy (non-hydrogen) atoms. The highest BCUT2D eigenvalue weighted by atomic mass is 16.2. The molecule has 0 aliphatic rings. The van der Waals surface area contributed by atoms with E-state index in [4.69, 9.17) is 0 Å². The third kappa shape index (κ3) is 10.8. The summed E-state index contributed by atoms with van der Waals surface area (Å²) < 4.78 is 0. The van der Waals surface area contributed by atoms with E-state index in [0.717, 1.165) is 0 Å². The van der Waals surface area contributed by atoms with Crippen LogP contribution in [0.25, 0.3) is 0 Å². The Balaban J connectivity index is 3.28. The van der Waals surface area contributed by atoms with E-state index in [1.807, 2.05) is 13.8 Å². The number of hydrogen-bond acceptors (Lipinski definition) is 3. The average molecular weight is 215 g/mol. The van der Waals surface area contributed by atoms with Gasteiger partial charge in [0.2, 0.25) is 11.8 Å². The monoisotopic (exact) mass is 215 g/mol. The maximum atomic E-state index is 11.2. The molecule has 5 nitrogen and oxygen atoms in total. The molecule has 88 valence electrons. The van der Waals surface area contributed by atoms with Crippen molar-refractivity contribution in [2.45, 2.75) is 20.8 Å². The summed E-state index contributed by atoms with van der Waals surface area (Å²) in [5, 5.41) is 8.37. The molecule has 2 amide bonds. The summed E-state index contributed by atoms with van der Waals surface area (Å²) in [4.78, 5) is 21.7. The van der Waals surface area contributed by atoms with E-state index in [9.17, 15) is 9.59 Å². The molecule has 0 unspecified atom stereocenters. The summed E-state index contributed by atoms with van der Waals surface area (Å²) in [6.07, 6.45) is 0. The highest BCUT2D eigenvalue weighted by Crippen LogP contribution is 1.85. The summed E-state index contributed by atoms with van der Waals surface area (Å²) in [7, 11) is 0. The zero-order valence-electron chi connectivity index (χ0n) is 9.72. The molecule has 0 heterocycles. The number of nitrogens with one attached hydrogen (secondary N) is 3. The van der Waals surface area contributed by atoms with Gasteiger partial charge in [0.1, 0.15) is 0 Å². The van der Waals surface area contributed by atoms with Crippen molar-refractivity contribution < 1.29 is 9.59 Å². The molecule has 0 aromatic carbocycles. The van der Waals surface area contributed by atoms with Gasteiger partial charge < -0.3 is 16.0 Å². The number of rotatable bonds is 7. The summed E-state index contributed by atoms with van der Waals surface area (Å²) >= 11 is 0. The van der Waals surface area contributed by atoms with Gasteiger partial charge in [0.25, 0.3) is 0 Å². The quantitative estimate of drug-likeness (QED) is 0.501. The number of amides is 2. The van der Waals surface area contributed by atoms with E-state index in [1.54, 1.807) is 0 Å². The molecule has 0 fully saturated rings. The van der Waals surface area contributed by atoms with Gasteiger partial charge in [-0.05, 0) is 5.92 Å². The average Bonchev–Trinajstić information content (AvgIpc) is 2.13. The first-order chi connectivity index (χ1) is 7.02. The predicted molar refractivity (Wildman–Crippen MR) is 59.4 cm³/mol. The van der Waals surface area contributed by atoms with Gasteiger partial charge in [-0.2, -0.15) is 0 Å². The van der Waals surface area contributed by atoms with Gasteiger partial charge in [-0.1, -0.05) is 13.8 Å². The fourth-order valence-corrected chi connectivity index (χ4v) is 0.909. The topological polar surface area (TPSA) is 70.2 Å². The Morgan fingerprint density at radius 1 is 1.13 bits per heavy atom. The van der Waals surface area contributed by atoms with E-state index >= 15 is 0 Å². The van der Waals surface area contributed by atoms with Gasteiger partial charge in [-0.3, -0.25) is 9.59 Å².